The first kappa shape index (κ1) is 15.3. The normalized spacial score (nSPS) is 20.9. The van der Waals surface area contributed by atoms with Crippen molar-refractivity contribution in [3.63, 3.8) is 0 Å². The first-order chi connectivity index (χ1) is 9.69. The summed E-state index contributed by atoms with van der Waals surface area (Å²) in [6, 6.07) is 9.30. The zero-order valence-electron chi connectivity index (χ0n) is 12.8. The fraction of sp³-hybridized carbons (Fsp3) is 0.625. The minimum Gasteiger partial charge on any atom is -0.497 e. The average Bonchev–Trinajstić information content (AvgIpc) is 2.49. The molecule has 4 nitrogen and oxygen atoms in total. The van der Waals surface area contributed by atoms with E-state index in [9.17, 15) is 0 Å². The van der Waals surface area contributed by atoms with E-state index in [1.54, 1.807) is 7.11 Å². The molecule has 1 aromatic rings. The molecular formula is C16H26N2O2. The van der Waals surface area contributed by atoms with Gasteiger partial charge in [0.25, 0.3) is 0 Å². The molecular weight excluding hydrogens is 252 g/mol. The molecule has 1 saturated heterocycles. The maximum absolute atomic E-state index is 5.51. The van der Waals surface area contributed by atoms with Crippen LogP contribution in [0.5, 0.6) is 5.75 Å². The molecule has 0 aromatic heterocycles. The fourth-order valence-electron chi connectivity index (χ4n) is 2.54. The molecule has 4 heteroatoms. The Labute approximate surface area is 122 Å². The van der Waals surface area contributed by atoms with E-state index in [1.807, 2.05) is 12.1 Å². The van der Waals surface area contributed by atoms with Crippen molar-refractivity contribution >= 4 is 0 Å². The van der Waals surface area contributed by atoms with Gasteiger partial charge in [-0.05, 0) is 38.1 Å². The standard InChI is InChI=1S/C16H26N2O2/c1-13(10-15-12-20-9-8-17-15)18(2)11-14-4-6-16(19-3)7-5-14/h4-7,13,15,17H,8-12H2,1-3H3. The third kappa shape index (κ3) is 4.47. The van der Waals surface area contributed by atoms with Crippen molar-refractivity contribution in [2.45, 2.75) is 32.0 Å². The van der Waals surface area contributed by atoms with Gasteiger partial charge >= 0.3 is 0 Å². The number of hydrogen-bond donors (Lipinski definition) is 1. The molecule has 0 amide bonds. The molecule has 20 heavy (non-hydrogen) atoms. The van der Waals surface area contributed by atoms with Crippen molar-refractivity contribution in [3.8, 4) is 5.75 Å². The van der Waals surface area contributed by atoms with E-state index >= 15 is 0 Å². The predicted molar refractivity (Wildman–Crippen MR) is 81.1 cm³/mol. The Morgan fingerprint density at radius 1 is 1.40 bits per heavy atom. The molecule has 112 valence electrons. The minimum atomic E-state index is 0.483. The van der Waals surface area contributed by atoms with Crippen molar-refractivity contribution in [2.24, 2.45) is 0 Å². The van der Waals surface area contributed by atoms with Crippen LogP contribution in [-0.4, -0.2) is 50.9 Å². The van der Waals surface area contributed by atoms with Gasteiger partial charge in [0.05, 0.1) is 20.3 Å². The number of methoxy groups -OCH3 is 1. The lowest BCUT2D eigenvalue weighted by molar-refractivity contribution is 0.0638. The largest absolute Gasteiger partial charge is 0.497 e. The molecule has 2 atom stereocenters. The smallest absolute Gasteiger partial charge is 0.118 e. The Morgan fingerprint density at radius 3 is 2.75 bits per heavy atom. The summed E-state index contributed by atoms with van der Waals surface area (Å²) in [5.41, 5.74) is 1.31. The van der Waals surface area contributed by atoms with Gasteiger partial charge in [0.15, 0.2) is 0 Å². The zero-order chi connectivity index (χ0) is 14.4. The molecule has 1 fully saturated rings. The maximum atomic E-state index is 5.51. The zero-order valence-corrected chi connectivity index (χ0v) is 12.8. The lowest BCUT2D eigenvalue weighted by Crippen LogP contribution is -2.45. The van der Waals surface area contributed by atoms with Crippen LogP contribution < -0.4 is 10.1 Å². The summed E-state index contributed by atoms with van der Waals surface area (Å²) in [7, 11) is 3.88. The molecule has 1 aliphatic rings. The van der Waals surface area contributed by atoms with E-state index in [2.05, 4.69) is 36.3 Å². The molecule has 0 aliphatic carbocycles. The van der Waals surface area contributed by atoms with Crippen LogP contribution in [0.3, 0.4) is 0 Å². The fourth-order valence-corrected chi connectivity index (χ4v) is 2.54. The van der Waals surface area contributed by atoms with Crippen LogP contribution in [0.1, 0.15) is 18.9 Å². The Morgan fingerprint density at radius 2 is 2.15 bits per heavy atom. The monoisotopic (exact) mass is 278 g/mol. The summed E-state index contributed by atoms with van der Waals surface area (Å²) in [4.78, 5) is 2.39. The Bertz CT molecular complexity index is 388. The van der Waals surface area contributed by atoms with Crippen LogP contribution in [0.2, 0.25) is 0 Å². The topological polar surface area (TPSA) is 33.7 Å². The number of rotatable bonds is 6. The highest BCUT2D eigenvalue weighted by molar-refractivity contribution is 5.27. The number of benzene rings is 1. The van der Waals surface area contributed by atoms with Gasteiger partial charge in [-0.1, -0.05) is 12.1 Å². The molecule has 2 rings (SSSR count). The highest BCUT2D eigenvalue weighted by atomic mass is 16.5. The van der Waals surface area contributed by atoms with Crippen molar-refractivity contribution in [3.05, 3.63) is 29.8 Å². The molecule has 1 N–H and O–H groups in total. The van der Waals surface area contributed by atoms with Crippen LogP contribution in [-0.2, 0) is 11.3 Å². The molecule has 0 spiro atoms. The van der Waals surface area contributed by atoms with Gasteiger partial charge in [0.1, 0.15) is 5.75 Å². The predicted octanol–water partition coefficient (Wildman–Crippen LogP) is 1.89. The summed E-state index contributed by atoms with van der Waals surface area (Å²) in [6.45, 7) is 5.88. The van der Waals surface area contributed by atoms with Gasteiger partial charge in [-0.2, -0.15) is 0 Å². The van der Waals surface area contributed by atoms with Gasteiger partial charge in [-0.15, -0.1) is 0 Å². The first-order valence-corrected chi connectivity index (χ1v) is 7.33. The Hall–Kier alpha value is -1.10. The SMILES string of the molecule is COc1ccc(CN(C)C(C)CC2COCCN2)cc1. The van der Waals surface area contributed by atoms with Crippen molar-refractivity contribution in [1.29, 1.82) is 0 Å². The van der Waals surface area contributed by atoms with Gasteiger partial charge in [0.2, 0.25) is 0 Å². The molecule has 1 aliphatic heterocycles. The number of ether oxygens (including phenoxy) is 2. The molecule has 0 saturated carbocycles. The van der Waals surface area contributed by atoms with E-state index in [4.69, 9.17) is 9.47 Å². The lowest BCUT2D eigenvalue weighted by atomic mass is 10.1. The Kier molecular flexibility index (Phi) is 5.83. The third-order valence-corrected chi connectivity index (χ3v) is 3.97. The van der Waals surface area contributed by atoms with Crippen LogP contribution in [0.25, 0.3) is 0 Å². The van der Waals surface area contributed by atoms with Gasteiger partial charge in [0, 0.05) is 25.2 Å². The summed E-state index contributed by atoms with van der Waals surface area (Å²) in [6.07, 6.45) is 1.12. The van der Waals surface area contributed by atoms with Gasteiger partial charge in [-0.25, -0.2) is 0 Å². The quantitative estimate of drug-likeness (QED) is 0.861. The van der Waals surface area contributed by atoms with E-state index in [0.29, 0.717) is 12.1 Å². The van der Waals surface area contributed by atoms with E-state index in [0.717, 1.165) is 38.5 Å². The summed E-state index contributed by atoms with van der Waals surface area (Å²) in [5, 5.41) is 3.52. The van der Waals surface area contributed by atoms with Crippen LogP contribution in [0.4, 0.5) is 0 Å². The average molecular weight is 278 g/mol. The highest BCUT2D eigenvalue weighted by Gasteiger charge is 2.18. The number of nitrogens with zero attached hydrogens (tertiary/aromatic N) is 1. The van der Waals surface area contributed by atoms with Crippen molar-refractivity contribution in [2.75, 3.05) is 33.9 Å². The second kappa shape index (κ2) is 7.62. The number of hydrogen-bond acceptors (Lipinski definition) is 4. The van der Waals surface area contributed by atoms with E-state index in [1.165, 1.54) is 5.56 Å². The molecule has 1 aromatic carbocycles. The molecule has 0 bridgehead atoms. The lowest BCUT2D eigenvalue weighted by Gasteiger charge is -2.31. The minimum absolute atomic E-state index is 0.483. The summed E-state index contributed by atoms with van der Waals surface area (Å²) < 4.78 is 10.7. The molecule has 0 radical (unpaired) electrons. The third-order valence-electron chi connectivity index (χ3n) is 3.97. The first-order valence-electron chi connectivity index (χ1n) is 7.33. The van der Waals surface area contributed by atoms with Gasteiger partial charge in [-0.3, -0.25) is 4.90 Å². The van der Waals surface area contributed by atoms with Crippen LogP contribution in [0.15, 0.2) is 24.3 Å². The van der Waals surface area contributed by atoms with Crippen LogP contribution in [0, 0.1) is 0 Å². The second-order valence-electron chi connectivity index (χ2n) is 5.57. The van der Waals surface area contributed by atoms with Crippen LogP contribution >= 0.6 is 0 Å². The molecule has 1 heterocycles. The summed E-state index contributed by atoms with van der Waals surface area (Å²) >= 11 is 0. The number of nitrogens with one attached hydrogen (secondary N) is 1. The van der Waals surface area contributed by atoms with Crippen molar-refractivity contribution in [1.82, 2.24) is 10.2 Å². The van der Waals surface area contributed by atoms with E-state index < -0.39 is 0 Å². The highest BCUT2D eigenvalue weighted by Crippen LogP contribution is 2.15. The number of morpholine rings is 1. The van der Waals surface area contributed by atoms with Gasteiger partial charge < -0.3 is 14.8 Å². The van der Waals surface area contributed by atoms with Crippen molar-refractivity contribution < 1.29 is 9.47 Å². The summed E-state index contributed by atoms with van der Waals surface area (Å²) in [5.74, 6) is 0.910. The maximum Gasteiger partial charge on any atom is 0.118 e. The van der Waals surface area contributed by atoms with E-state index in [-0.39, 0.29) is 0 Å². The molecule has 2 unspecified atom stereocenters. The Balaban J connectivity index is 1.81. The second-order valence-corrected chi connectivity index (χ2v) is 5.57.